The molecule has 1 amide bonds. The lowest BCUT2D eigenvalue weighted by molar-refractivity contribution is 0.0954. The number of carbonyl (C=O) groups excluding carboxylic acids is 1. The van der Waals surface area contributed by atoms with Crippen LogP contribution in [-0.2, 0) is 0 Å². The number of carbonyl (C=O) groups is 1. The van der Waals surface area contributed by atoms with Gasteiger partial charge in [-0.25, -0.2) is 5.43 Å². The van der Waals surface area contributed by atoms with Crippen molar-refractivity contribution in [2.75, 3.05) is 26.9 Å². The number of hydrazone groups is 1. The van der Waals surface area contributed by atoms with Gasteiger partial charge in [0.15, 0.2) is 23.0 Å². The lowest BCUT2D eigenvalue weighted by atomic mass is 10.2. The van der Waals surface area contributed by atoms with Gasteiger partial charge >= 0.3 is 0 Å². The number of ether oxygens (including phenoxy) is 4. The molecule has 0 saturated heterocycles. The average Bonchev–Trinajstić information content (AvgIpc) is 2.77. The van der Waals surface area contributed by atoms with E-state index in [1.54, 1.807) is 30.5 Å². The zero-order valence-electron chi connectivity index (χ0n) is 17.6. The molecule has 2 aromatic carbocycles. The first-order chi connectivity index (χ1) is 14.6. The second kappa shape index (κ2) is 12.2. The molecule has 0 aromatic heterocycles. The molecule has 0 aliphatic carbocycles. The van der Waals surface area contributed by atoms with Crippen LogP contribution in [0.4, 0.5) is 0 Å². The quantitative estimate of drug-likeness (QED) is 0.321. The number of hydrogen-bond acceptors (Lipinski definition) is 6. The minimum Gasteiger partial charge on any atom is -0.493 e. The molecule has 0 aliphatic rings. The van der Waals surface area contributed by atoms with Gasteiger partial charge in [0.25, 0.3) is 5.91 Å². The standard InChI is InChI=1S/C23H28N2O5/c1-5-12-29-19-11-9-18(15-21(19)27-4)23(26)25-24-16-17-8-10-20(30-13-6-2)22(14-17)28-7-3/h5,8-11,14-16H,1,6-7,12-13H2,2-4H3,(H,25,26)/b24-16+. The van der Waals surface area contributed by atoms with E-state index < -0.39 is 0 Å². The van der Waals surface area contributed by atoms with Crippen molar-refractivity contribution in [2.45, 2.75) is 20.3 Å². The summed E-state index contributed by atoms with van der Waals surface area (Å²) in [5, 5.41) is 4.03. The van der Waals surface area contributed by atoms with Crippen molar-refractivity contribution in [3.05, 3.63) is 60.2 Å². The molecule has 30 heavy (non-hydrogen) atoms. The summed E-state index contributed by atoms with van der Waals surface area (Å²) in [5.74, 6) is 1.95. The Hall–Kier alpha value is -3.48. The maximum Gasteiger partial charge on any atom is 0.271 e. The minimum atomic E-state index is -0.368. The lowest BCUT2D eigenvalue weighted by Crippen LogP contribution is -2.17. The molecule has 160 valence electrons. The predicted molar refractivity (Wildman–Crippen MR) is 117 cm³/mol. The van der Waals surface area contributed by atoms with Crippen molar-refractivity contribution in [2.24, 2.45) is 5.10 Å². The normalized spacial score (nSPS) is 10.5. The molecule has 2 rings (SSSR count). The van der Waals surface area contributed by atoms with Crippen molar-refractivity contribution in [3.8, 4) is 23.0 Å². The molecule has 2 aromatic rings. The van der Waals surface area contributed by atoms with E-state index in [1.165, 1.54) is 7.11 Å². The Morgan fingerprint density at radius 3 is 2.50 bits per heavy atom. The molecule has 7 heteroatoms. The van der Waals surface area contributed by atoms with Gasteiger partial charge in [0.05, 0.1) is 26.5 Å². The minimum absolute atomic E-state index is 0.345. The van der Waals surface area contributed by atoms with Crippen molar-refractivity contribution < 1.29 is 23.7 Å². The lowest BCUT2D eigenvalue weighted by Gasteiger charge is -2.12. The van der Waals surface area contributed by atoms with Crippen LogP contribution in [0.3, 0.4) is 0 Å². The van der Waals surface area contributed by atoms with E-state index in [1.807, 2.05) is 32.0 Å². The fourth-order valence-electron chi connectivity index (χ4n) is 2.51. The van der Waals surface area contributed by atoms with Crippen LogP contribution in [0.2, 0.25) is 0 Å². The fourth-order valence-corrected chi connectivity index (χ4v) is 2.51. The molecule has 0 radical (unpaired) electrons. The largest absolute Gasteiger partial charge is 0.493 e. The number of amides is 1. The molecule has 0 fully saturated rings. The van der Waals surface area contributed by atoms with Gasteiger partial charge in [0, 0.05) is 5.56 Å². The third kappa shape index (κ3) is 6.55. The summed E-state index contributed by atoms with van der Waals surface area (Å²) >= 11 is 0. The Bertz CT molecular complexity index is 880. The zero-order valence-corrected chi connectivity index (χ0v) is 17.6. The highest BCUT2D eigenvalue weighted by Gasteiger charge is 2.11. The van der Waals surface area contributed by atoms with E-state index in [-0.39, 0.29) is 5.91 Å². The average molecular weight is 412 g/mol. The molecular weight excluding hydrogens is 384 g/mol. The first kappa shape index (κ1) is 22.8. The van der Waals surface area contributed by atoms with Crippen LogP contribution in [-0.4, -0.2) is 39.1 Å². The number of methoxy groups -OCH3 is 1. The van der Waals surface area contributed by atoms with Gasteiger partial charge < -0.3 is 18.9 Å². The Morgan fingerprint density at radius 1 is 1.03 bits per heavy atom. The molecule has 0 atom stereocenters. The molecule has 0 aliphatic heterocycles. The summed E-state index contributed by atoms with van der Waals surface area (Å²) < 4.78 is 22.1. The summed E-state index contributed by atoms with van der Waals surface area (Å²) in [5.41, 5.74) is 3.68. The molecule has 7 nitrogen and oxygen atoms in total. The van der Waals surface area contributed by atoms with Crippen molar-refractivity contribution >= 4 is 12.1 Å². The number of nitrogens with one attached hydrogen (secondary N) is 1. The molecule has 0 unspecified atom stereocenters. The van der Waals surface area contributed by atoms with Crippen molar-refractivity contribution in [1.82, 2.24) is 5.43 Å². The van der Waals surface area contributed by atoms with Crippen LogP contribution < -0.4 is 24.4 Å². The van der Waals surface area contributed by atoms with Gasteiger partial charge in [0.1, 0.15) is 6.61 Å². The number of benzene rings is 2. The third-order valence-electron chi connectivity index (χ3n) is 3.89. The second-order valence-electron chi connectivity index (χ2n) is 6.15. The zero-order chi connectivity index (χ0) is 21.8. The van der Waals surface area contributed by atoms with Gasteiger partial charge in [-0.2, -0.15) is 5.10 Å². The number of nitrogens with zero attached hydrogens (tertiary/aromatic N) is 1. The summed E-state index contributed by atoms with van der Waals surface area (Å²) in [4.78, 5) is 12.4. The number of rotatable bonds is 12. The van der Waals surface area contributed by atoms with Crippen molar-refractivity contribution in [1.29, 1.82) is 0 Å². The maximum absolute atomic E-state index is 12.4. The molecule has 0 spiro atoms. The number of hydrogen-bond donors (Lipinski definition) is 1. The van der Waals surface area contributed by atoms with E-state index in [2.05, 4.69) is 17.1 Å². The van der Waals surface area contributed by atoms with Crippen LogP contribution >= 0.6 is 0 Å². The summed E-state index contributed by atoms with van der Waals surface area (Å²) in [6.07, 6.45) is 4.09. The van der Waals surface area contributed by atoms with Gasteiger partial charge in [0.2, 0.25) is 0 Å². The van der Waals surface area contributed by atoms with E-state index >= 15 is 0 Å². The predicted octanol–water partition coefficient (Wildman–Crippen LogP) is 4.21. The monoisotopic (exact) mass is 412 g/mol. The topological polar surface area (TPSA) is 78.4 Å². The SMILES string of the molecule is C=CCOc1ccc(C(=O)N/N=C/c2ccc(OCCC)c(OCC)c2)cc1OC. The van der Waals surface area contributed by atoms with E-state index in [0.29, 0.717) is 48.4 Å². The summed E-state index contributed by atoms with van der Waals surface area (Å²) in [6, 6.07) is 10.4. The highest BCUT2D eigenvalue weighted by Crippen LogP contribution is 2.29. The molecule has 1 N–H and O–H groups in total. The first-order valence-electron chi connectivity index (χ1n) is 9.77. The maximum atomic E-state index is 12.4. The second-order valence-corrected chi connectivity index (χ2v) is 6.15. The van der Waals surface area contributed by atoms with Gasteiger partial charge in [-0.3, -0.25) is 4.79 Å². The molecular formula is C23H28N2O5. The van der Waals surface area contributed by atoms with Gasteiger partial charge in [-0.15, -0.1) is 0 Å². The Morgan fingerprint density at radius 2 is 1.80 bits per heavy atom. The van der Waals surface area contributed by atoms with E-state index in [9.17, 15) is 4.79 Å². The van der Waals surface area contributed by atoms with Crippen LogP contribution in [0, 0.1) is 0 Å². The van der Waals surface area contributed by atoms with Crippen LogP contribution in [0.25, 0.3) is 0 Å². The van der Waals surface area contributed by atoms with Crippen molar-refractivity contribution in [3.63, 3.8) is 0 Å². The Balaban J connectivity index is 2.06. The van der Waals surface area contributed by atoms with E-state index in [4.69, 9.17) is 18.9 Å². The summed E-state index contributed by atoms with van der Waals surface area (Å²) in [6.45, 7) is 9.04. The summed E-state index contributed by atoms with van der Waals surface area (Å²) in [7, 11) is 1.51. The molecule has 0 bridgehead atoms. The smallest absolute Gasteiger partial charge is 0.271 e. The van der Waals surface area contributed by atoms with E-state index in [0.717, 1.165) is 12.0 Å². The Kier molecular flexibility index (Phi) is 9.24. The fraction of sp³-hybridized carbons (Fsp3) is 0.304. The van der Waals surface area contributed by atoms with Gasteiger partial charge in [-0.1, -0.05) is 19.6 Å². The van der Waals surface area contributed by atoms with Gasteiger partial charge in [-0.05, 0) is 55.3 Å². The third-order valence-corrected chi connectivity index (χ3v) is 3.89. The molecule has 0 saturated carbocycles. The van der Waals surface area contributed by atoms with Crippen LogP contribution in [0.15, 0.2) is 54.2 Å². The molecule has 0 heterocycles. The highest BCUT2D eigenvalue weighted by atomic mass is 16.5. The highest BCUT2D eigenvalue weighted by molar-refractivity contribution is 5.95. The van der Waals surface area contributed by atoms with Crippen LogP contribution in [0.1, 0.15) is 36.2 Å². The first-order valence-corrected chi connectivity index (χ1v) is 9.77. The Labute approximate surface area is 177 Å². The van der Waals surface area contributed by atoms with Crippen LogP contribution in [0.5, 0.6) is 23.0 Å².